The van der Waals surface area contributed by atoms with Gasteiger partial charge >= 0.3 is 6.36 Å². The molecular formula is C6H2ClF4NO. The first-order valence-electron chi connectivity index (χ1n) is 2.95. The van der Waals surface area contributed by atoms with E-state index in [2.05, 4.69) is 9.72 Å². The van der Waals surface area contributed by atoms with E-state index in [1.54, 1.807) is 0 Å². The summed E-state index contributed by atoms with van der Waals surface area (Å²) in [4.78, 5) is 3.02. The lowest BCUT2D eigenvalue weighted by atomic mass is 10.4. The first kappa shape index (κ1) is 10.0. The Morgan fingerprint density at radius 2 is 2.00 bits per heavy atom. The fourth-order valence-electron chi connectivity index (χ4n) is 0.599. The summed E-state index contributed by atoms with van der Waals surface area (Å²) < 4.78 is 50.6. The van der Waals surface area contributed by atoms with E-state index in [0.717, 1.165) is 6.20 Å². The zero-order valence-corrected chi connectivity index (χ0v) is 6.66. The van der Waals surface area contributed by atoms with Crippen molar-refractivity contribution in [2.75, 3.05) is 0 Å². The van der Waals surface area contributed by atoms with Crippen molar-refractivity contribution in [3.05, 3.63) is 23.2 Å². The van der Waals surface area contributed by atoms with Crippen LogP contribution in [0.5, 0.6) is 5.75 Å². The van der Waals surface area contributed by atoms with E-state index >= 15 is 0 Å². The SMILES string of the molecule is Fc1cc(OC(F)(F)F)c(Cl)cn1. The Hall–Kier alpha value is -1.04. The first-order chi connectivity index (χ1) is 5.88. The molecule has 0 aliphatic carbocycles. The van der Waals surface area contributed by atoms with Gasteiger partial charge in [0.2, 0.25) is 5.95 Å². The summed E-state index contributed by atoms with van der Waals surface area (Å²) in [5, 5.41) is -0.404. The normalized spacial score (nSPS) is 11.5. The Bertz CT molecular complexity index is 314. The lowest BCUT2D eigenvalue weighted by Crippen LogP contribution is -2.17. The van der Waals surface area contributed by atoms with Gasteiger partial charge in [0.1, 0.15) is 5.02 Å². The average Bonchev–Trinajstić information content (AvgIpc) is 1.94. The van der Waals surface area contributed by atoms with Crippen LogP contribution in [0.1, 0.15) is 0 Å². The highest BCUT2D eigenvalue weighted by molar-refractivity contribution is 6.31. The number of hydrogen-bond donors (Lipinski definition) is 0. The van der Waals surface area contributed by atoms with Crippen LogP contribution in [0.3, 0.4) is 0 Å². The quantitative estimate of drug-likeness (QED) is 0.531. The number of nitrogens with zero attached hydrogens (tertiary/aromatic N) is 1. The zero-order chi connectivity index (χ0) is 10.1. The van der Waals surface area contributed by atoms with Gasteiger partial charge in [0.25, 0.3) is 0 Å². The molecule has 0 bridgehead atoms. The van der Waals surface area contributed by atoms with E-state index in [-0.39, 0.29) is 0 Å². The third-order valence-corrected chi connectivity index (χ3v) is 1.30. The molecule has 0 saturated heterocycles. The summed E-state index contributed by atoms with van der Waals surface area (Å²) in [6.07, 6.45) is -4.16. The lowest BCUT2D eigenvalue weighted by Gasteiger charge is -2.09. The third-order valence-electron chi connectivity index (χ3n) is 1.01. The molecular weight excluding hydrogens is 214 g/mol. The number of alkyl halides is 3. The second kappa shape index (κ2) is 3.37. The summed E-state index contributed by atoms with van der Waals surface area (Å²) in [5.74, 6) is -1.90. The summed E-state index contributed by atoms with van der Waals surface area (Å²) in [5.41, 5.74) is 0. The highest BCUT2D eigenvalue weighted by atomic mass is 35.5. The van der Waals surface area contributed by atoms with Crippen molar-refractivity contribution in [3.8, 4) is 5.75 Å². The van der Waals surface area contributed by atoms with E-state index in [9.17, 15) is 17.6 Å². The van der Waals surface area contributed by atoms with Crippen molar-refractivity contribution in [1.82, 2.24) is 4.98 Å². The van der Waals surface area contributed by atoms with Gasteiger partial charge in [0, 0.05) is 6.07 Å². The van der Waals surface area contributed by atoms with Crippen molar-refractivity contribution >= 4 is 11.6 Å². The highest BCUT2D eigenvalue weighted by Crippen LogP contribution is 2.29. The van der Waals surface area contributed by atoms with Gasteiger partial charge in [0.05, 0.1) is 6.20 Å². The molecule has 0 unspecified atom stereocenters. The zero-order valence-electron chi connectivity index (χ0n) is 5.90. The van der Waals surface area contributed by atoms with E-state index in [1.165, 1.54) is 0 Å². The standard InChI is InChI=1S/C6H2ClF4NO/c7-3-2-12-5(8)1-4(3)13-6(9,10)11/h1-2H. The van der Waals surface area contributed by atoms with Gasteiger partial charge in [-0.3, -0.25) is 0 Å². The fourth-order valence-corrected chi connectivity index (χ4v) is 0.741. The van der Waals surface area contributed by atoms with Crippen molar-refractivity contribution in [2.45, 2.75) is 6.36 Å². The molecule has 0 fully saturated rings. The molecule has 1 heterocycles. The molecule has 0 atom stereocenters. The van der Waals surface area contributed by atoms with E-state index < -0.39 is 23.1 Å². The second-order valence-corrected chi connectivity index (χ2v) is 2.39. The number of halogens is 5. The predicted octanol–water partition coefficient (Wildman–Crippen LogP) is 2.77. The lowest BCUT2D eigenvalue weighted by molar-refractivity contribution is -0.274. The minimum Gasteiger partial charge on any atom is -0.404 e. The maximum absolute atomic E-state index is 12.3. The van der Waals surface area contributed by atoms with Crippen LogP contribution >= 0.6 is 11.6 Å². The smallest absolute Gasteiger partial charge is 0.404 e. The molecule has 0 aromatic carbocycles. The van der Waals surface area contributed by atoms with Crippen LogP contribution < -0.4 is 4.74 Å². The molecule has 0 aliphatic heterocycles. The first-order valence-corrected chi connectivity index (χ1v) is 3.33. The number of aromatic nitrogens is 1. The monoisotopic (exact) mass is 215 g/mol. The van der Waals surface area contributed by atoms with Gasteiger partial charge in [-0.05, 0) is 0 Å². The molecule has 0 amide bonds. The molecule has 1 aromatic rings. The van der Waals surface area contributed by atoms with E-state index in [4.69, 9.17) is 11.6 Å². The number of pyridine rings is 1. The van der Waals surface area contributed by atoms with Crippen LogP contribution in [-0.4, -0.2) is 11.3 Å². The minimum absolute atomic E-state index is 0.404. The van der Waals surface area contributed by atoms with Crippen LogP contribution in [0.25, 0.3) is 0 Å². The topological polar surface area (TPSA) is 22.1 Å². The maximum atomic E-state index is 12.3. The van der Waals surface area contributed by atoms with Crippen LogP contribution in [0, 0.1) is 5.95 Å². The Labute approximate surface area is 75.1 Å². The highest BCUT2D eigenvalue weighted by Gasteiger charge is 2.32. The molecule has 0 N–H and O–H groups in total. The van der Waals surface area contributed by atoms with Crippen molar-refractivity contribution in [3.63, 3.8) is 0 Å². The number of hydrogen-bond acceptors (Lipinski definition) is 2. The van der Waals surface area contributed by atoms with Crippen LogP contribution in [-0.2, 0) is 0 Å². The minimum atomic E-state index is -4.89. The Morgan fingerprint density at radius 3 is 2.54 bits per heavy atom. The van der Waals surface area contributed by atoms with Crippen molar-refractivity contribution in [1.29, 1.82) is 0 Å². The van der Waals surface area contributed by atoms with Gasteiger partial charge in [0.15, 0.2) is 5.75 Å². The molecule has 1 rings (SSSR count). The second-order valence-electron chi connectivity index (χ2n) is 1.99. The summed E-state index contributed by atoms with van der Waals surface area (Å²) in [7, 11) is 0. The largest absolute Gasteiger partial charge is 0.573 e. The van der Waals surface area contributed by atoms with Gasteiger partial charge < -0.3 is 4.74 Å². The molecule has 0 radical (unpaired) electrons. The van der Waals surface area contributed by atoms with Gasteiger partial charge in [-0.15, -0.1) is 13.2 Å². The molecule has 13 heavy (non-hydrogen) atoms. The van der Waals surface area contributed by atoms with E-state index in [0.29, 0.717) is 6.07 Å². The molecule has 72 valence electrons. The van der Waals surface area contributed by atoms with Gasteiger partial charge in [-0.2, -0.15) is 4.39 Å². The third kappa shape index (κ3) is 3.06. The Morgan fingerprint density at radius 1 is 1.38 bits per heavy atom. The fraction of sp³-hybridized carbons (Fsp3) is 0.167. The summed E-state index contributed by atoms with van der Waals surface area (Å²) in [6, 6.07) is 0.454. The summed E-state index contributed by atoms with van der Waals surface area (Å²) >= 11 is 5.25. The Kier molecular flexibility index (Phi) is 2.60. The van der Waals surface area contributed by atoms with Crippen LogP contribution in [0.4, 0.5) is 17.6 Å². The molecule has 0 saturated carbocycles. The van der Waals surface area contributed by atoms with Gasteiger partial charge in [-0.1, -0.05) is 11.6 Å². The molecule has 2 nitrogen and oxygen atoms in total. The van der Waals surface area contributed by atoms with Crippen molar-refractivity contribution in [2.24, 2.45) is 0 Å². The predicted molar refractivity (Wildman–Crippen MR) is 35.9 cm³/mol. The summed E-state index contributed by atoms with van der Waals surface area (Å²) in [6.45, 7) is 0. The molecule has 0 aliphatic rings. The molecule has 0 spiro atoms. The van der Waals surface area contributed by atoms with Gasteiger partial charge in [-0.25, -0.2) is 4.98 Å². The maximum Gasteiger partial charge on any atom is 0.573 e. The number of ether oxygens (including phenoxy) is 1. The van der Waals surface area contributed by atoms with Crippen molar-refractivity contribution < 1.29 is 22.3 Å². The van der Waals surface area contributed by atoms with Crippen LogP contribution in [0.15, 0.2) is 12.3 Å². The average molecular weight is 216 g/mol. The van der Waals surface area contributed by atoms with Crippen LogP contribution in [0.2, 0.25) is 5.02 Å². The molecule has 1 aromatic heterocycles. The number of rotatable bonds is 1. The van der Waals surface area contributed by atoms with E-state index in [1.807, 2.05) is 0 Å². The Balaban J connectivity index is 2.94. The molecule has 7 heteroatoms.